The van der Waals surface area contributed by atoms with Crippen LogP contribution in [-0.2, 0) is 4.79 Å². The fourth-order valence-electron chi connectivity index (χ4n) is 3.01. The molecular formula is C16H24N2O2. The largest absolute Gasteiger partial charge is 0.494 e. The Hall–Kier alpha value is -1.71. The van der Waals surface area contributed by atoms with Gasteiger partial charge in [0.2, 0.25) is 5.91 Å². The highest BCUT2D eigenvalue weighted by Gasteiger charge is 2.37. The molecule has 1 unspecified atom stereocenters. The first-order valence-corrected chi connectivity index (χ1v) is 7.18. The summed E-state index contributed by atoms with van der Waals surface area (Å²) in [6, 6.07) is 5.29. The van der Waals surface area contributed by atoms with Crippen LogP contribution in [-0.4, -0.2) is 13.0 Å². The molecule has 1 aromatic rings. The van der Waals surface area contributed by atoms with Gasteiger partial charge < -0.3 is 15.8 Å². The Labute approximate surface area is 120 Å². The molecule has 2 rings (SSSR count). The molecular weight excluding hydrogens is 252 g/mol. The van der Waals surface area contributed by atoms with E-state index in [1.54, 1.807) is 25.3 Å². The van der Waals surface area contributed by atoms with Crippen molar-refractivity contribution in [2.45, 2.75) is 39.5 Å². The minimum Gasteiger partial charge on any atom is -0.494 e. The Bertz CT molecular complexity index is 497. The first kappa shape index (κ1) is 14.7. The van der Waals surface area contributed by atoms with Crippen LogP contribution in [0.4, 0.5) is 11.4 Å². The van der Waals surface area contributed by atoms with Gasteiger partial charge in [0, 0.05) is 17.7 Å². The van der Waals surface area contributed by atoms with E-state index in [4.69, 9.17) is 10.5 Å². The van der Waals surface area contributed by atoms with Crippen molar-refractivity contribution in [3.05, 3.63) is 18.2 Å². The van der Waals surface area contributed by atoms with Gasteiger partial charge in [0.1, 0.15) is 5.75 Å². The predicted octanol–water partition coefficient (Wildman–Crippen LogP) is 3.43. The van der Waals surface area contributed by atoms with Gasteiger partial charge in [-0.15, -0.1) is 0 Å². The van der Waals surface area contributed by atoms with E-state index in [1.165, 1.54) is 6.42 Å². The number of anilines is 2. The number of carbonyl (C=O) groups excluding carboxylic acids is 1. The van der Waals surface area contributed by atoms with Crippen molar-refractivity contribution in [1.29, 1.82) is 0 Å². The van der Waals surface area contributed by atoms with E-state index in [-0.39, 0.29) is 17.2 Å². The minimum absolute atomic E-state index is 0.0542. The smallest absolute Gasteiger partial charge is 0.228 e. The van der Waals surface area contributed by atoms with Crippen molar-refractivity contribution in [2.24, 2.45) is 11.3 Å². The third kappa shape index (κ3) is 3.06. The SMILES string of the molecule is COc1cc(N)ccc1NC(=O)C1CCCCC1(C)C. The standard InChI is InChI=1S/C16H24N2O2/c1-16(2)9-5-4-6-12(16)15(19)18-13-8-7-11(17)10-14(13)20-3/h7-8,10,12H,4-6,9,17H2,1-3H3,(H,18,19). The van der Waals surface area contributed by atoms with Crippen molar-refractivity contribution in [1.82, 2.24) is 0 Å². The average Bonchev–Trinajstić information content (AvgIpc) is 2.40. The van der Waals surface area contributed by atoms with E-state index in [9.17, 15) is 4.79 Å². The zero-order valence-electron chi connectivity index (χ0n) is 12.5. The van der Waals surface area contributed by atoms with Gasteiger partial charge in [-0.2, -0.15) is 0 Å². The Morgan fingerprint density at radius 1 is 1.40 bits per heavy atom. The van der Waals surface area contributed by atoms with Crippen molar-refractivity contribution >= 4 is 17.3 Å². The second kappa shape index (κ2) is 5.73. The summed E-state index contributed by atoms with van der Waals surface area (Å²) in [6.45, 7) is 4.35. The number of nitrogens with two attached hydrogens (primary N) is 1. The summed E-state index contributed by atoms with van der Waals surface area (Å²) in [5.41, 5.74) is 7.10. The number of amides is 1. The molecule has 3 N–H and O–H groups in total. The normalized spacial score (nSPS) is 21.2. The number of hydrogen-bond acceptors (Lipinski definition) is 3. The van der Waals surface area contributed by atoms with Crippen LogP contribution in [0.3, 0.4) is 0 Å². The topological polar surface area (TPSA) is 64.3 Å². The Balaban J connectivity index is 2.15. The second-order valence-electron chi connectivity index (χ2n) is 6.24. The molecule has 1 saturated carbocycles. The van der Waals surface area contributed by atoms with E-state index in [2.05, 4.69) is 19.2 Å². The Kier molecular flexibility index (Phi) is 4.21. The molecule has 0 radical (unpaired) electrons. The maximum atomic E-state index is 12.5. The highest BCUT2D eigenvalue weighted by molar-refractivity contribution is 5.94. The number of benzene rings is 1. The number of methoxy groups -OCH3 is 1. The lowest BCUT2D eigenvalue weighted by molar-refractivity contribution is -0.124. The van der Waals surface area contributed by atoms with Crippen molar-refractivity contribution in [2.75, 3.05) is 18.2 Å². The highest BCUT2D eigenvalue weighted by Crippen LogP contribution is 2.41. The van der Waals surface area contributed by atoms with Crippen LogP contribution in [0.15, 0.2) is 18.2 Å². The summed E-state index contributed by atoms with van der Waals surface area (Å²) in [5.74, 6) is 0.739. The van der Waals surface area contributed by atoms with Crippen LogP contribution in [0.2, 0.25) is 0 Å². The quantitative estimate of drug-likeness (QED) is 0.831. The molecule has 4 heteroatoms. The van der Waals surface area contributed by atoms with Gasteiger partial charge in [0.25, 0.3) is 0 Å². The molecule has 20 heavy (non-hydrogen) atoms. The molecule has 1 fully saturated rings. The van der Waals surface area contributed by atoms with Crippen LogP contribution in [0.1, 0.15) is 39.5 Å². The summed E-state index contributed by atoms with van der Waals surface area (Å²) in [6.07, 6.45) is 4.39. The Morgan fingerprint density at radius 2 is 2.15 bits per heavy atom. The van der Waals surface area contributed by atoms with Crippen molar-refractivity contribution in [3.8, 4) is 5.75 Å². The molecule has 0 aromatic heterocycles. The molecule has 0 heterocycles. The molecule has 1 aliphatic carbocycles. The van der Waals surface area contributed by atoms with Crippen LogP contribution in [0.5, 0.6) is 5.75 Å². The maximum Gasteiger partial charge on any atom is 0.228 e. The third-order valence-electron chi connectivity index (χ3n) is 4.31. The van der Waals surface area contributed by atoms with Gasteiger partial charge in [-0.1, -0.05) is 26.7 Å². The lowest BCUT2D eigenvalue weighted by atomic mass is 9.68. The molecule has 4 nitrogen and oxygen atoms in total. The zero-order valence-corrected chi connectivity index (χ0v) is 12.5. The fourth-order valence-corrected chi connectivity index (χ4v) is 3.01. The van der Waals surface area contributed by atoms with Crippen LogP contribution in [0, 0.1) is 11.3 Å². The summed E-state index contributed by atoms with van der Waals surface area (Å²) in [5, 5.41) is 2.99. The Morgan fingerprint density at radius 3 is 2.80 bits per heavy atom. The number of hydrogen-bond donors (Lipinski definition) is 2. The lowest BCUT2D eigenvalue weighted by Crippen LogP contribution is -2.37. The van der Waals surface area contributed by atoms with Gasteiger partial charge in [0.15, 0.2) is 0 Å². The van der Waals surface area contributed by atoms with Crippen LogP contribution < -0.4 is 15.8 Å². The van der Waals surface area contributed by atoms with Gasteiger partial charge in [-0.3, -0.25) is 4.79 Å². The van der Waals surface area contributed by atoms with Crippen LogP contribution >= 0.6 is 0 Å². The molecule has 1 aliphatic rings. The average molecular weight is 276 g/mol. The number of carbonyl (C=O) groups is 1. The predicted molar refractivity (Wildman–Crippen MR) is 81.8 cm³/mol. The van der Waals surface area contributed by atoms with Crippen LogP contribution in [0.25, 0.3) is 0 Å². The molecule has 0 bridgehead atoms. The minimum atomic E-state index is 0.0542. The van der Waals surface area contributed by atoms with Gasteiger partial charge in [0.05, 0.1) is 12.8 Å². The van der Waals surface area contributed by atoms with E-state index in [0.29, 0.717) is 17.1 Å². The number of rotatable bonds is 3. The number of nitrogen functional groups attached to an aromatic ring is 1. The van der Waals surface area contributed by atoms with E-state index >= 15 is 0 Å². The zero-order chi connectivity index (χ0) is 14.8. The number of nitrogens with one attached hydrogen (secondary N) is 1. The lowest BCUT2D eigenvalue weighted by Gasteiger charge is -2.37. The third-order valence-corrected chi connectivity index (χ3v) is 4.31. The molecule has 1 amide bonds. The van der Waals surface area contributed by atoms with E-state index in [1.807, 2.05) is 0 Å². The molecule has 1 atom stereocenters. The summed E-state index contributed by atoms with van der Waals surface area (Å²) >= 11 is 0. The molecule has 0 aliphatic heterocycles. The van der Waals surface area contributed by atoms with Gasteiger partial charge in [-0.05, 0) is 30.4 Å². The van der Waals surface area contributed by atoms with E-state index < -0.39 is 0 Å². The summed E-state index contributed by atoms with van der Waals surface area (Å²) in [4.78, 5) is 12.5. The van der Waals surface area contributed by atoms with Crippen molar-refractivity contribution < 1.29 is 9.53 Å². The second-order valence-corrected chi connectivity index (χ2v) is 6.24. The highest BCUT2D eigenvalue weighted by atomic mass is 16.5. The molecule has 1 aromatic carbocycles. The fraction of sp³-hybridized carbons (Fsp3) is 0.562. The summed E-state index contributed by atoms with van der Waals surface area (Å²) in [7, 11) is 1.58. The van der Waals surface area contributed by atoms with E-state index in [0.717, 1.165) is 19.3 Å². The summed E-state index contributed by atoms with van der Waals surface area (Å²) < 4.78 is 5.27. The monoisotopic (exact) mass is 276 g/mol. The number of ether oxygens (including phenoxy) is 1. The van der Waals surface area contributed by atoms with Crippen molar-refractivity contribution in [3.63, 3.8) is 0 Å². The van der Waals surface area contributed by atoms with Gasteiger partial charge >= 0.3 is 0 Å². The first-order valence-electron chi connectivity index (χ1n) is 7.18. The first-order chi connectivity index (χ1) is 9.44. The molecule has 110 valence electrons. The van der Waals surface area contributed by atoms with Gasteiger partial charge in [-0.25, -0.2) is 0 Å². The maximum absolute atomic E-state index is 12.5. The molecule has 0 saturated heterocycles. The molecule has 0 spiro atoms.